The normalized spacial score (nSPS) is 23.1. The van der Waals surface area contributed by atoms with Crippen molar-refractivity contribution in [3.63, 3.8) is 0 Å². The van der Waals surface area contributed by atoms with Gasteiger partial charge in [-0.05, 0) is 37.1 Å². The van der Waals surface area contributed by atoms with Crippen LogP contribution < -0.4 is 10.0 Å². The highest BCUT2D eigenvalue weighted by Crippen LogP contribution is 2.25. The van der Waals surface area contributed by atoms with E-state index in [0.717, 1.165) is 13.0 Å². The third kappa shape index (κ3) is 4.23. The molecule has 2 atom stereocenters. The minimum atomic E-state index is -3.65. The molecule has 2 rings (SSSR count). The first-order valence-corrected chi connectivity index (χ1v) is 8.32. The van der Waals surface area contributed by atoms with Crippen molar-refractivity contribution in [1.29, 1.82) is 0 Å². The molecule has 20 heavy (non-hydrogen) atoms. The summed E-state index contributed by atoms with van der Waals surface area (Å²) in [6, 6.07) is 4.29. The van der Waals surface area contributed by atoms with Crippen molar-refractivity contribution < 1.29 is 8.42 Å². The molecule has 2 unspecified atom stereocenters. The summed E-state index contributed by atoms with van der Waals surface area (Å²) < 4.78 is 27.4. The average molecular weight is 360 g/mol. The Morgan fingerprint density at radius 2 is 2.05 bits per heavy atom. The van der Waals surface area contributed by atoms with Crippen LogP contribution in [0.15, 0.2) is 23.1 Å². The van der Waals surface area contributed by atoms with Crippen LogP contribution in [0, 0.1) is 5.92 Å². The molecule has 0 aromatic heterocycles. The van der Waals surface area contributed by atoms with Crippen molar-refractivity contribution in [2.75, 3.05) is 13.1 Å². The van der Waals surface area contributed by atoms with Crippen molar-refractivity contribution in [1.82, 2.24) is 10.0 Å². The number of sulfonamides is 1. The van der Waals surface area contributed by atoms with E-state index in [4.69, 9.17) is 23.2 Å². The smallest absolute Gasteiger partial charge is 0.242 e. The number of hydrogen-bond donors (Lipinski definition) is 2. The lowest BCUT2D eigenvalue weighted by molar-refractivity contribution is 0.327. The molecule has 2 N–H and O–H groups in total. The van der Waals surface area contributed by atoms with Gasteiger partial charge in [-0.2, -0.15) is 0 Å². The first-order valence-electron chi connectivity index (χ1n) is 6.08. The predicted octanol–water partition coefficient (Wildman–Crippen LogP) is 2.69. The second-order valence-corrected chi connectivity index (χ2v) is 7.30. The molecule has 8 heteroatoms. The fourth-order valence-electron chi connectivity index (χ4n) is 2.09. The number of hydrogen-bond acceptors (Lipinski definition) is 3. The Kier molecular flexibility index (Phi) is 6.57. The number of nitrogens with one attached hydrogen (secondary N) is 2. The molecule has 1 aromatic carbocycles. The summed E-state index contributed by atoms with van der Waals surface area (Å²) in [7, 11) is -3.65. The van der Waals surface area contributed by atoms with Crippen molar-refractivity contribution >= 4 is 45.6 Å². The van der Waals surface area contributed by atoms with E-state index in [2.05, 4.69) is 10.0 Å². The Morgan fingerprint density at radius 1 is 1.35 bits per heavy atom. The van der Waals surface area contributed by atoms with Gasteiger partial charge in [-0.3, -0.25) is 0 Å². The summed E-state index contributed by atoms with van der Waals surface area (Å²) in [6.45, 7) is 3.57. The van der Waals surface area contributed by atoms with E-state index < -0.39 is 10.0 Å². The van der Waals surface area contributed by atoms with E-state index in [1.165, 1.54) is 12.1 Å². The molecule has 0 aliphatic carbocycles. The second-order valence-electron chi connectivity index (χ2n) is 4.77. The Balaban J connectivity index is 0.00000200. The lowest BCUT2D eigenvalue weighted by Gasteiger charge is -2.30. The molecule has 1 saturated heterocycles. The van der Waals surface area contributed by atoms with Gasteiger partial charge in [0.25, 0.3) is 0 Å². The lowest BCUT2D eigenvalue weighted by Crippen LogP contribution is -2.50. The predicted molar refractivity (Wildman–Crippen MR) is 84.5 cm³/mol. The molecule has 1 heterocycles. The van der Waals surface area contributed by atoms with Crippen LogP contribution in [0.3, 0.4) is 0 Å². The Labute approximate surface area is 135 Å². The van der Waals surface area contributed by atoms with Crippen LogP contribution in [0.5, 0.6) is 0 Å². The summed E-state index contributed by atoms with van der Waals surface area (Å²) in [5.74, 6) is 0.286. The first-order chi connectivity index (χ1) is 8.90. The maximum absolute atomic E-state index is 12.3. The lowest BCUT2D eigenvalue weighted by atomic mass is 9.96. The van der Waals surface area contributed by atoms with Gasteiger partial charge in [0.05, 0.1) is 5.02 Å². The summed E-state index contributed by atoms with van der Waals surface area (Å²) >= 11 is 11.8. The quantitative estimate of drug-likeness (QED) is 0.872. The van der Waals surface area contributed by atoms with Crippen LogP contribution in [-0.4, -0.2) is 27.5 Å². The third-order valence-electron chi connectivity index (χ3n) is 3.32. The second kappa shape index (κ2) is 7.29. The summed E-state index contributed by atoms with van der Waals surface area (Å²) in [6.07, 6.45) is 0.941. The van der Waals surface area contributed by atoms with Crippen molar-refractivity contribution in [2.45, 2.75) is 24.3 Å². The van der Waals surface area contributed by atoms with Gasteiger partial charge in [-0.15, -0.1) is 12.4 Å². The van der Waals surface area contributed by atoms with Crippen LogP contribution in [-0.2, 0) is 10.0 Å². The maximum Gasteiger partial charge on any atom is 0.242 e. The SMILES string of the molecule is CC1CCNCC1NS(=O)(=O)c1cc(Cl)ccc1Cl.Cl. The van der Waals surface area contributed by atoms with Crippen LogP contribution in [0.4, 0.5) is 0 Å². The molecule has 4 nitrogen and oxygen atoms in total. The molecule has 1 aliphatic heterocycles. The van der Waals surface area contributed by atoms with Crippen molar-refractivity contribution in [3.05, 3.63) is 28.2 Å². The van der Waals surface area contributed by atoms with Crippen LogP contribution >= 0.6 is 35.6 Å². The van der Waals surface area contributed by atoms with Gasteiger partial charge in [-0.25, -0.2) is 13.1 Å². The zero-order chi connectivity index (χ0) is 14.0. The van der Waals surface area contributed by atoms with Gasteiger partial charge < -0.3 is 5.32 Å². The number of rotatable bonds is 3. The largest absolute Gasteiger partial charge is 0.315 e. The first kappa shape index (κ1) is 18.0. The minimum Gasteiger partial charge on any atom is -0.315 e. The summed E-state index contributed by atoms with van der Waals surface area (Å²) in [5, 5.41) is 3.70. The van der Waals surface area contributed by atoms with E-state index in [1.54, 1.807) is 6.07 Å². The highest BCUT2D eigenvalue weighted by molar-refractivity contribution is 7.89. The molecule has 114 valence electrons. The molecule has 0 bridgehead atoms. The molecule has 0 saturated carbocycles. The number of halogens is 3. The zero-order valence-electron chi connectivity index (χ0n) is 10.9. The molecule has 1 aromatic rings. The highest BCUT2D eigenvalue weighted by Gasteiger charge is 2.27. The summed E-state index contributed by atoms with van der Waals surface area (Å²) in [5.41, 5.74) is 0. The van der Waals surface area contributed by atoms with Gasteiger partial charge in [0.2, 0.25) is 10.0 Å². The fourth-order valence-corrected chi connectivity index (χ4v) is 4.20. The number of piperidine rings is 1. The van der Waals surface area contributed by atoms with E-state index >= 15 is 0 Å². The van der Waals surface area contributed by atoms with Crippen molar-refractivity contribution in [2.24, 2.45) is 5.92 Å². The Bertz CT molecular complexity index is 566. The molecule has 1 aliphatic rings. The van der Waals surface area contributed by atoms with Gasteiger partial charge in [0.15, 0.2) is 0 Å². The topological polar surface area (TPSA) is 58.2 Å². The third-order valence-corrected chi connectivity index (χ3v) is 5.52. The molecular formula is C12H17Cl3N2O2S. The highest BCUT2D eigenvalue weighted by atomic mass is 35.5. The number of benzene rings is 1. The van der Waals surface area contributed by atoms with Crippen LogP contribution in [0.25, 0.3) is 0 Å². The van der Waals surface area contributed by atoms with Gasteiger partial charge in [0, 0.05) is 17.6 Å². The van der Waals surface area contributed by atoms with E-state index in [9.17, 15) is 8.42 Å². The Morgan fingerprint density at radius 3 is 2.70 bits per heavy atom. The summed E-state index contributed by atoms with van der Waals surface area (Å²) in [4.78, 5) is 0.0273. The zero-order valence-corrected chi connectivity index (χ0v) is 14.0. The fraction of sp³-hybridized carbons (Fsp3) is 0.500. The minimum absolute atomic E-state index is 0. The van der Waals surface area contributed by atoms with E-state index in [0.29, 0.717) is 11.6 Å². The van der Waals surface area contributed by atoms with Gasteiger partial charge >= 0.3 is 0 Å². The molecular weight excluding hydrogens is 343 g/mol. The van der Waals surface area contributed by atoms with Gasteiger partial charge in [0.1, 0.15) is 4.90 Å². The van der Waals surface area contributed by atoms with Crippen LogP contribution in [0.1, 0.15) is 13.3 Å². The Hall–Kier alpha value is -0.0400. The van der Waals surface area contributed by atoms with Gasteiger partial charge in [-0.1, -0.05) is 30.1 Å². The molecule has 0 spiro atoms. The molecule has 0 radical (unpaired) electrons. The monoisotopic (exact) mass is 358 g/mol. The maximum atomic E-state index is 12.3. The average Bonchev–Trinajstić information content (AvgIpc) is 2.35. The van der Waals surface area contributed by atoms with Crippen molar-refractivity contribution in [3.8, 4) is 0 Å². The molecule has 1 fully saturated rings. The molecule has 0 amide bonds. The standard InChI is InChI=1S/C12H16Cl2N2O2S.ClH/c1-8-4-5-15-7-11(8)16-19(17,18)12-6-9(13)2-3-10(12)14;/h2-3,6,8,11,15-16H,4-5,7H2,1H3;1H. The van der Waals surface area contributed by atoms with E-state index in [-0.39, 0.29) is 34.3 Å². The van der Waals surface area contributed by atoms with E-state index in [1.807, 2.05) is 6.92 Å². The van der Waals surface area contributed by atoms with Crippen LogP contribution in [0.2, 0.25) is 10.0 Å².